The topological polar surface area (TPSA) is 111 Å². The fourth-order valence-electron chi connectivity index (χ4n) is 3.45. The van der Waals surface area contributed by atoms with Gasteiger partial charge in [0.05, 0.1) is 55.9 Å². The molecule has 0 aliphatic carbocycles. The fourth-order valence-corrected chi connectivity index (χ4v) is 3.45. The average molecular weight is 358 g/mol. The molecule has 2 aliphatic heterocycles. The quantitative estimate of drug-likeness (QED) is 0.612. The number of nitrogens with one attached hydrogen (secondary N) is 4. The highest BCUT2D eigenvalue weighted by Crippen LogP contribution is 2.20. The van der Waals surface area contributed by atoms with Crippen molar-refractivity contribution in [3.8, 4) is 0 Å². The van der Waals surface area contributed by atoms with Crippen LogP contribution in [0.25, 0.3) is 11.0 Å². The number of benzene rings is 1. The average Bonchev–Trinajstić information content (AvgIpc) is 3.12. The summed E-state index contributed by atoms with van der Waals surface area (Å²) >= 11 is 0. The zero-order valence-corrected chi connectivity index (χ0v) is 14.3. The van der Waals surface area contributed by atoms with Crippen molar-refractivity contribution in [3.63, 3.8) is 0 Å². The Bertz CT molecular complexity index is 801. The number of H-pyrrole nitrogens is 1. The maximum atomic E-state index is 12.5. The summed E-state index contributed by atoms with van der Waals surface area (Å²) in [7, 11) is 0. The number of amides is 2. The maximum absolute atomic E-state index is 12.5. The number of carbonyl (C=O) groups is 2. The first-order valence-corrected chi connectivity index (χ1v) is 8.78. The molecule has 1 aromatic heterocycles. The molecule has 2 aliphatic rings. The molecule has 2 atom stereocenters. The van der Waals surface area contributed by atoms with Gasteiger partial charge in [-0.15, -0.1) is 0 Å². The van der Waals surface area contributed by atoms with Crippen molar-refractivity contribution in [3.05, 3.63) is 24.5 Å². The summed E-state index contributed by atoms with van der Waals surface area (Å²) in [5.74, 6) is -0.228. The Kier molecular flexibility index (Phi) is 4.83. The number of aromatic amines is 1. The molecule has 4 rings (SSSR count). The van der Waals surface area contributed by atoms with Gasteiger partial charge >= 0.3 is 0 Å². The van der Waals surface area contributed by atoms with Gasteiger partial charge in [0, 0.05) is 13.1 Å². The number of hydrogen-bond donors (Lipinski definition) is 4. The van der Waals surface area contributed by atoms with Crippen molar-refractivity contribution < 1.29 is 14.3 Å². The monoisotopic (exact) mass is 358 g/mol. The second kappa shape index (κ2) is 7.40. The molecule has 2 saturated heterocycles. The van der Waals surface area contributed by atoms with Crippen LogP contribution in [0.5, 0.6) is 0 Å². The number of imidazole rings is 1. The van der Waals surface area contributed by atoms with Crippen LogP contribution in [-0.2, 0) is 14.3 Å². The Morgan fingerprint density at radius 1 is 1.35 bits per heavy atom. The zero-order valence-electron chi connectivity index (χ0n) is 14.3. The van der Waals surface area contributed by atoms with E-state index in [1.54, 1.807) is 6.33 Å². The molecular weight excluding hydrogens is 336 g/mol. The summed E-state index contributed by atoms with van der Waals surface area (Å²) in [5.41, 5.74) is 2.23. The molecule has 3 heterocycles. The third-order valence-electron chi connectivity index (χ3n) is 4.71. The summed E-state index contributed by atoms with van der Waals surface area (Å²) in [4.78, 5) is 34.0. The van der Waals surface area contributed by atoms with Crippen LogP contribution in [0.4, 0.5) is 5.69 Å². The van der Waals surface area contributed by atoms with Crippen molar-refractivity contribution in [2.24, 2.45) is 0 Å². The molecule has 4 N–H and O–H groups in total. The van der Waals surface area contributed by atoms with E-state index in [1.165, 1.54) is 0 Å². The first-order valence-electron chi connectivity index (χ1n) is 8.78. The van der Waals surface area contributed by atoms with Crippen LogP contribution in [-0.4, -0.2) is 65.3 Å². The van der Waals surface area contributed by atoms with E-state index >= 15 is 0 Å². The first-order chi connectivity index (χ1) is 12.7. The summed E-state index contributed by atoms with van der Waals surface area (Å²) in [5, 5.41) is 9.08. The van der Waals surface area contributed by atoms with Crippen molar-refractivity contribution in [2.45, 2.75) is 25.2 Å². The predicted octanol–water partition coefficient (Wildman–Crippen LogP) is -0.0146. The number of fused-ring (bicyclic) bond motifs is 1. The van der Waals surface area contributed by atoms with Gasteiger partial charge in [0.15, 0.2) is 0 Å². The van der Waals surface area contributed by atoms with Gasteiger partial charge in [-0.1, -0.05) is 6.07 Å². The van der Waals surface area contributed by atoms with Gasteiger partial charge in [0.1, 0.15) is 5.52 Å². The van der Waals surface area contributed by atoms with Crippen molar-refractivity contribution in [2.75, 3.05) is 31.6 Å². The molecule has 2 unspecified atom stereocenters. The molecule has 0 radical (unpaired) electrons. The smallest absolute Gasteiger partial charge is 0.227 e. The zero-order chi connectivity index (χ0) is 17.9. The molecule has 1 aromatic carbocycles. The molecule has 138 valence electrons. The van der Waals surface area contributed by atoms with Crippen LogP contribution in [0.2, 0.25) is 0 Å². The largest absolute Gasteiger partial charge is 0.379 e. The summed E-state index contributed by atoms with van der Waals surface area (Å²) < 4.78 is 5.36. The Labute approximate surface area is 150 Å². The minimum absolute atomic E-state index is 0.0487. The van der Waals surface area contributed by atoms with Crippen LogP contribution < -0.4 is 16.0 Å². The number of para-hydroxylation sites is 1. The van der Waals surface area contributed by atoms with E-state index < -0.39 is 6.17 Å². The van der Waals surface area contributed by atoms with Gasteiger partial charge in [-0.2, -0.15) is 0 Å². The number of carbonyl (C=O) groups excluding carboxylic acids is 2. The molecule has 0 saturated carbocycles. The van der Waals surface area contributed by atoms with Gasteiger partial charge in [-0.05, 0) is 12.1 Å². The molecule has 0 spiro atoms. The molecule has 26 heavy (non-hydrogen) atoms. The normalized spacial score (nSPS) is 24.4. The highest BCUT2D eigenvalue weighted by Gasteiger charge is 2.31. The van der Waals surface area contributed by atoms with Crippen molar-refractivity contribution >= 4 is 28.5 Å². The van der Waals surface area contributed by atoms with Gasteiger partial charge in [-0.3, -0.25) is 19.8 Å². The lowest BCUT2D eigenvalue weighted by atomic mass is 10.1. The molecule has 2 amide bonds. The lowest BCUT2D eigenvalue weighted by Crippen LogP contribution is -2.63. The van der Waals surface area contributed by atoms with E-state index in [2.05, 4.69) is 30.8 Å². The van der Waals surface area contributed by atoms with Gasteiger partial charge in [-0.25, -0.2) is 4.98 Å². The second-order valence-electron chi connectivity index (χ2n) is 6.51. The number of ether oxygens (including phenoxy) is 1. The van der Waals surface area contributed by atoms with E-state index in [0.717, 1.165) is 18.6 Å². The van der Waals surface area contributed by atoms with Crippen LogP contribution in [0.3, 0.4) is 0 Å². The van der Waals surface area contributed by atoms with Crippen LogP contribution in [0, 0.1) is 0 Å². The summed E-state index contributed by atoms with van der Waals surface area (Å²) in [6.45, 7) is 2.90. The van der Waals surface area contributed by atoms with E-state index in [9.17, 15) is 9.59 Å². The molecular formula is C17H22N6O3. The fraction of sp³-hybridized carbons (Fsp3) is 0.471. The molecule has 9 nitrogen and oxygen atoms in total. The Hall–Kier alpha value is -2.49. The number of aromatic nitrogens is 2. The lowest BCUT2D eigenvalue weighted by molar-refractivity contribution is -0.128. The summed E-state index contributed by atoms with van der Waals surface area (Å²) in [6.07, 6.45) is 1.65. The minimum Gasteiger partial charge on any atom is -0.379 e. The van der Waals surface area contributed by atoms with Crippen molar-refractivity contribution in [1.82, 2.24) is 25.5 Å². The molecule has 9 heteroatoms. The van der Waals surface area contributed by atoms with Crippen LogP contribution in [0.15, 0.2) is 24.5 Å². The highest BCUT2D eigenvalue weighted by molar-refractivity contribution is 5.99. The predicted molar refractivity (Wildman–Crippen MR) is 95.2 cm³/mol. The highest BCUT2D eigenvalue weighted by atomic mass is 16.5. The second-order valence-corrected chi connectivity index (χ2v) is 6.51. The third-order valence-corrected chi connectivity index (χ3v) is 4.71. The third kappa shape index (κ3) is 3.69. The van der Waals surface area contributed by atoms with Crippen LogP contribution >= 0.6 is 0 Å². The van der Waals surface area contributed by atoms with Gasteiger partial charge in [0.2, 0.25) is 11.8 Å². The number of hydrogen-bond acceptors (Lipinski definition) is 6. The van der Waals surface area contributed by atoms with E-state index in [-0.39, 0.29) is 24.4 Å². The molecule has 2 aromatic rings. The molecule has 2 fully saturated rings. The SMILES string of the molecule is O=C(CC1NC(=O)CC(N2CCOCC2)N1)Nc1cccc2[nH]cnc12. The van der Waals surface area contributed by atoms with Crippen molar-refractivity contribution in [1.29, 1.82) is 0 Å². The number of rotatable bonds is 4. The Morgan fingerprint density at radius 2 is 2.19 bits per heavy atom. The van der Waals surface area contributed by atoms with E-state index in [4.69, 9.17) is 4.74 Å². The van der Waals surface area contributed by atoms with E-state index in [0.29, 0.717) is 30.8 Å². The standard InChI is InChI=1S/C17H22N6O3/c24-15(20-12-3-1-2-11-17(12)19-10-18-11)8-13-21-14(9-16(25)22-13)23-4-6-26-7-5-23/h1-3,10,13-14,21H,4-9H2,(H,18,19)(H,20,24)(H,22,25). The Balaban J connectivity index is 1.38. The molecule has 0 bridgehead atoms. The minimum atomic E-state index is -0.400. The van der Waals surface area contributed by atoms with Crippen LogP contribution in [0.1, 0.15) is 12.8 Å². The Morgan fingerprint density at radius 3 is 3.04 bits per heavy atom. The number of anilines is 1. The van der Waals surface area contributed by atoms with E-state index in [1.807, 2.05) is 18.2 Å². The maximum Gasteiger partial charge on any atom is 0.227 e. The first kappa shape index (κ1) is 17.0. The van der Waals surface area contributed by atoms with Gasteiger partial charge < -0.3 is 20.4 Å². The van der Waals surface area contributed by atoms with Gasteiger partial charge in [0.25, 0.3) is 0 Å². The summed E-state index contributed by atoms with van der Waals surface area (Å²) in [6, 6.07) is 5.56. The number of morpholine rings is 1. The number of nitrogens with zero attached hydrogens (tertiary/aromatic N) is 2. The lowest BCUT2D eigenvalue weighted by Gasteiger charge is -2.40.